The van der Waals surface area contributed by atoms with Gasteiger partial charge in [0.05, 0.1) is 0 Å². The highest BCUT2D eigenvalue weighted by Gasteiger charge is 1.95. The van der Waals surface area contributed by atoms with Crippen LogP contribution >= 0.6 is 0 Å². The van der Waals surface area contributed by atoms with Crippen LogP contribution in [0.3, 0.4) is 0 Å². The van der Waals surface area contributed by atoms with Crippen molar-refractivity contribution in [2.24, 2.45) is 7.05 Å². The standard InChI is InChI=1S/C14H17N3/c1-16(2)13-7-4-12(5-8-13)6-9-14-15-10-11-17(14)3/h4-11H,1-3H3. The Labute approximate surface area is 102 Å². The van der Waals surface area contributed by atoms with Crippen molar-refractivity contribution in [2.45, 2.75) is 0 Å². The van der Waals surface area contributed by atoms with Crippen LogP contribution in [0, 0.1) is 0 Å². The van der Waals surface area contributed by atoms with Gasteiger partial charge in [0.1, 0.15) is 5.82 Å². The molecular formula is C14H17N3. The number of nitrogens with zero attached hydrogens (tertiary/aromatic N) is 3. The molecule has 2 aromatic rings. The average molecular weight is 227 g/mol. The average Bonchev–Trinajstić information content (AvgIpc) is 2.73. The van der Waals surface area contributed by atoms with Crippen LogP contribution in [0.15, 0.2) is 36.7 Å². The van der Waals surface area contributed by atoms with Crippen LogP contribution in [0.5, 0.6) is 0 Å². The maximum atomic E-state index is 4.24. The van der Waals surface area contributed by atoms with E-state index in [9.17, 15) is 0 Å². The number of hydrogen-bond donors (Lipinski definition) is 0. The van der Waals surface area contributed by atoms with E-state index in [1.54, 1.807) is 6.20 Å². The van der Waals surface area contributed by atoms with Gasteiger partial charge in [0.15, 0.2) is 0 Å². The lowest BCUT2D eigenvalue weighted by Gasteiger charge is -2.11. The Hall–Kier alpha value is -2.03. The summed E-state index contributed by atoms with van der Waals surface area (Å²) in [6.45, 7) is 0. The summed E-state index contributed by atoms with van der Waals surface area (Å²) in [6, 6.07) is 8.43. The molecule has 1 heterocycles. The summed E-state index contributed by atoms with van der Waals surface area (Å²) in [5.41, 5.74) is 2.39. The monoisotopic (exact) mass is 227 g/mol. The number of hydrogen-bond acceptors (Lipinski definition) is 2. The van der Waals surface area contributed by atoms with Gasteiger partial charge in [0.25, 0.3) is 0 Å². The van der Waals surface area contributed by atoms with Gasteiger partial charge in [-0.25, -0.2) is 4.98 Å². The van der Waals surface area contributed by atoms with Crippen LogP contribution in [0.25, 0.3) is 12.2 Å². The molecule has 0 aliphatic carbocycles. The normalized spacial score (nSPS) is 11.0. The molecule has 0 saturated heterocycles. The molecule has 0 fully saturated rings. The van der Waals surface area contributed by atoms with Gasteiger partial charge in [-0.2, -0.15) is 0 Å². The lowest BCUT2D eigenvalue weighted by Crippen LogP contribution is -2.07. The van der Waals surface area contributed by atoms with Crippen molar-refractivity contribution in [1.29, 1.82) is 0 Å². The van der Waals surface area contributed by atoms with Crippen molar-refractivity contribution in [3.63, 3.8) is 0 Å². The van der Waals surface area contributed by atoms with E-state index < -0.39 is 0 Å². The second kappa shape index (κ2) is 4.87. The predicted molar refractivity (Wildman–Crippen MR) is 72.9 cm³/mol. The summed E-state index contributed by atoms with van der Waals surface area (Å²) in [5, 5.41) is 0. The third-order valence-corrected chi connectivity index (χ3v) is 2.69. The summed E-state index contributed by atoms with van der Waals surface area (Å²) in [5.74, 6) is 0.960. The second-order valence-corrected chi connectivity index (χ2v) is 4.22. The highest BCUT2D eigenvalue weighted by molar-refractivity contribution is 5.68. The zero-order chi connectivity index (χ0) is 12.3. The van der Waals surface area contributed by atoms with Gasteiger partial charge in [-0.1, -0.05) is 18.2 Å². The molecule has 1 aromatic carbocycles. The van der Waals surface area contributed by atoms with Crippen LogP contribution in [-0.2, 0) is 7.05 Å². The van der Waals surface area contributed by atoms with Crippen LogP contribution in [0.4, 0.5) is 5.69 Å². The molecular weight excluding hydrogens is 210 g/mol. The minimum Gasteiger partial charge on any atom is -0.378 e. The molecule has 0 N–H and O–H groups in total. The van der Waals surface area contributed by atoms with Gasteiger partial charge in [-0.3, -0.25) is 0 Å². The molecule has 2 rings (SSSR count). The van der Waals surface area contributed by atoms with E-state index >= 15 is 0 Å². The van der Waals surface area contributed by atoms with E-state index in [1.165, 1.54) is 11.3 Å². The molecule has 0 bridgehead atoms. The van der Waals surface area contributed by atoms with Crippen molar-refractivity contribution in [3.05, 3.63) is 48.0 Å². The molecule has 0 saturated carbocycles. The maximum absolute atomic E-state index is 4.24. The molecule has 0 unspecified atom stereocenters. The zero-order valence-corrected chi connectivity index (χ0v) is 10.5. The van der Waals surface area contributed by atoms with E-state index in [4.69, 9.17) is 0 Å². The van der Waals surface area contributed by atoms with Gasteiger partial charge in [0, 0.05) is 39.2 Å². The van der Waals surface area contributed by atoms with Crippen LogP contribution < -0.4 is 4.90 Å². The smallest absolute Gasteiger partial charge is 0.132 e. The SMILES string of the molecule is CN(C)c1ccc(C=Cc2nccn2C)cc1. The van der Waals surface area contributed by atoms with Crippen molar-refractivity contribution in [2.75, 3.05) is 19.0 Å². The Morgan fingerprint density at radius 2 is 1.82 bits per heavy atom. The fourth-order valence-electron chi connectivity index (χ4n) is 1.59. The summed E-state index contributed by atoms with van der Waals surface area (Å²) < 4.78 is 1.99. The van der Waals surface area contributed by atoms with Crippen LogP contribution in [0.2, 0.25) is 0 Å². The van der Waals surface area contributed by atoms with E-state index in [0.717, 1.165) is 5.82 Å². The topological polar surface area (TPSA) is 21.1 Å². The Morgan fingerprint density at radius 3 is 2.35 bits per heavy atom. The first-order valence-electron chi connectivity index (χ1n) is 5.59. The molecule has 88 valence electrons. The quantitative estimate of drug-likeness (QED) is 0.803. The third-order valence-electron chi connectivity index (χ3n) is 2.69. The summed E-state index contributed by atoms with van der Waals surface area (Å²) in [7, 11) is 6.07. The highest BCUT2D eigenvalue weighted by atomic mass is 15.1. The summed E-state index contributed by atoms with van der Waals surface area (Å²) >= 11 is 0. The minimum atomic E-state index is 0.960. The number of benzene rings is 1. The van der Waals surface area contributed by atoms with Gasteiger partial charge in [-0.05, 0) is 23.8 Å². The predicted octanol–water partition coefficient (Wildman–Crippen LogP) is 2.66. The number of rotatable bonds is 3. The Kier molecular flexibility index (Phi) is 3.28. The van der Waals surface area contributed by atoms with E-state index in [-0.39, 0.29) is 0 Å². The maximum Gasteiger partial charge on any atom is 0.132 e. The largest absolute Gasteiger partial charge is 0.378 e. The van der Waals surface area contributed by atoms with E-state index in [0.29, 0.717) is 0 Å². The molecule has 0 spiro atoms. The molecule has 3 nitrogen and oxygen atoms in total. The van der Waals surface area contributed by atoms with Crippen LogP contribution in [0.1, 0.15) is 11.4 Å². The fraction of sp³-hybridized carbons (Fsp3) is 0.214. The molecule has 0 aliphatic heterocycles. The molecule has 0 radical (unpaired) electrons. The number of imidazole rings is 1. The first-order valence-corrected chi connectivity index (χ1v) is 5.59. The lowest BCUT2D eigenvalue weighted by atomic mass is 10.2. The highest BCUT2D eigenvalue weighted by Crippen LogP contribution is 2.14. The molecule has 0 amide bonds. The van der Waals surface area contributed by atoms with Gasteiger partial charge in [0.2, 0.25) is 0 Å². The van der Waals surface area contributed by atoms with Crippen molar-refractivity contribution >= 4 is 17.8 Å². The number of aromatic nitrogens is 2. The van der Waals surface area contributed by atoms with Crippen molar-refractivity contribution < 1.29 is 0 Å². The minimum absolute atomic E-state index is 0.960. The molecule has 1 aromatic heterocycles. The van der Waals surface area contributed by atoms with E-state index in [2.05, 4.69) is 40.2 Å². The molecule has 0 atom stereocenters. The summed E-state index contributed by atoms with van der Waals surface area (Å²) in [6.07, 6.45) is 7.83. The Balaban J connectivity index is 2.14. The van der Waals surface area contributed by atoms with Crippen molar-refractivity contribution in [3.8, 4) is 0 Å². The van der Waals surface area contributed by atoms with Gasteiger partial charge >= 0.3 is 0 Å². The summed E-state index contributed by atoms with van der Waals surface area (Å²) in [4.78, 5) is 6.33. The molecule has 0 aliphatic rings. The first kappa shape index (κ1) is 11.5. The number of aryl methyl sites for hydroxylation is 1. The molecule has 3 heteroatoms. The number of anilines is 1. The third kappa shape index (κ3) is 2.75. The fourth-order valence-corrected chi connectivity index (χ4v) is 1.59. The zero-order valence-electron chi connectivity index (χ0n) is 10.5. The molecule has 17 heavy (non-hydrogen) atoms. The van der Waals surface area contributed by atoms with Gasteiger partial charge in [-0.15, -0.1) is 0 Å². The van der Waals surface area contributed by atoms with Gasteiger partial charge < -0.3 is 9.47 Å². The van der Waals surface area contributed by atoms with Crippen LogP contribution in [-0.4, -0.2) is 23.6 Å². The van der Waals surface area contributed by atoms with E-state index in [1.807, 2.05) is 38.0 Å². The first-order chi connectivity index (χ1) is 8.16. The second-order valence-electron chi connectivity index (χ2n) is 4.22. The Morgan fingerprint density at radius 1 is 1.12 bits per heavy atom. The lowest BCUT2D eigenvalue weighted by molar-refractivity contribution is 0.898. The Bertz CT molecular complexity index is 507. The van der Waals surface area contributed by atoms with Crippen molar-refractivity contribution in [1.82, 2.24) is 9.55 Å².